The molecule has 0 radical (unpaired) electrons. The van der Waals surface area contributed by atoms with Gasteiger partial charge >= 0.3 is 6.03 Å². The van der Waals surface area contributed by atoms with Gasteiger partial charge in [-0.3, -0.25) is 0 Å². The van der Waals surface area contributed by atoms with E-state index in [1.807, 2.05) is 0 Å². The van der Waals surface area contributed by atoms with Gasteiger partial charge in [0.15, 0.2) is 0 Å². The molecule has 2 amide bonds. The lowest BCUT2D eigenvalue weighted by Crippen LogP contribution is -2.27. The minimum atomic E-state index is -0.657. The van der Waals surface area contributed by atoms with Crippen molar-refractivity contribution in [1.29, 1.82) is 0 Å². The maximum atomic E-state index is 10.7. The number of ether oxygens (including phenoxy) is 1. The summed E-state index contributed by atoms with van der Waals surface area (Å²) in [6, 6.07) is 2.58. The molecule has 0 aromatic carbocycles. The van der Waals surface area contributed by atoms with E-state index in [1.54, 1.807) is 12.1 Å². The van der Waals surface area contributed by atoms with Crippen LogP contribution in [-0.4, -0.2) is 18.1 Å². The van der Waals surface area contributed by atoms with Crippen LogP contribution in [0.1, 0.15) is 0 Å². The van der Waals surface area contributed by atoms with E-state index in [1.165, 1.54) is 13.3 Å². The van der Waals surface area contributed by atoms with Crippen LogP contribution in [0.5, 0.6) is 5.88 Å². The number of hydrogen-bond acceptors (Lipinski definition) is 4. The number of rotatable bonds is 2. The Bertz CT molecular complexity index is 301. The first-order chi connectivity index (χ1) is 6.15. The van der Waals surface area contributed by atoms with E-state index < -0.39 is 6.03 Å². The average Bonchev–Trinajstić information content (AvgIpc) is 2.17. The van der Waals surface area contributed by atoms with Crippen LogP contribution in [0.3, 0.4) is 0 Å². The monoisotopic (exact) mass is 199 g/mol. The molecule has 2 N–H and O–H groups in total. The first-order valence-electron chi connectivity index (χ1n) is 3.43. The second-order valence-corrected chi connectivity index (χ2v) is 2.61. The van der Waals surface area contributed by atoms with Crippen LogP contribution in [0.2, 0.25) is 0 Å². The molecule has 1 aromatic rings. The number of thiol groups is 1. The molecule has 5 nitrogen and oxygen atoms in total. The van der Waals surface area contributed by atoms with Crippen LogP contribution in [0.4, 0.5) is 10.5 Å². The van der Waals surface area contributed by atoms with E-state index in [-0.39, 0.29) is 0 Å². The molecule has 13 heavy (non-hydrogen) atoms. The van der Waals surface area contributed by atoms with E-state index in [4.69, 9.17) is 10.5 Å². The number of anilines is 1. The van der Waals surface area contributed by atoms with Crippen molar-refractivity contribution in [1.82, 2.24) is 4.98 Å². The summed E-state index contributed by atoms with van der Waals surface area (Å²) < 4.78 is 5.83. The highest BCUT2D eigenvalue weighted by atomic mass is 32.1. The lowest BCUT2D eigenvalue weighted by Gasteiger charge is -2.11. The van der Waals surface area contributed by atoms with E-state index >= 15 is 0 Å². The molecule has 0 unspecified atom stereocenters. The standard InChI is InChI=1S/C7H9N3O2S/c1-12-6-3-2-5(4-9-6)10(13)7(8)11/h2-4,13H,1H3,(H2,8,11). The summed E-state index contributed by atoms with van der Waals surface area (Å²) in [6.45, 7) is 0. The molecule has 0 bridgehead atoms. The van der Waals surface area contributed by atoms with E-state index in [2.05, 4.69) is 17.8 Å². The number of carbonyl (C=O) groups excluding carboxylic acids is 1. The molecule has 1 rings (SSSR count). The zero-order valence-corrected chi connectivity index (χ0v) is 7.86. The fourth-order valence-electron chi connectivity index (χ4n) is 0.746. The van der Waals surface area contributed by atoms with Crippen molar-refractivity contribution < 1.29 is 9.53 Å². The van der Waals surface area contributed by atoms with Gasteiger partial charge in [0.1, 0.15) is 0 Å². The van der Waals surface area contributed by atoms with Gasteiger partial charge in [-0.2, -0.15) is 0 Å². The molecule has 0 spiro atoms. The van der Waals surface area contributed by atoms with Crippen LogP contribution in [0, 0.1) is 0 Å². The third-order valence-corrected chi connectivity index (χ3v) is 1.81. The van der Waals surface area contributed by atoms with Gasteiger partial charge in [-0.05, 0) is 6.07 Å². The summed E-state index contributed by atoms with van der Waals surface area (Å²) in [5, 5.41) is 0. The molecule has 1 aromatic heterocycles. The van der Waals surface area contributed by atoms with Gasteiger partial charge in [0.2, 0.25) is 5.88 Å². The molecule has 6 heteroatoms. The maximum Gasteiger partial charge on any atom is 0.329 e. The Kier molecular flexibility index (Phi) is 2.97. The quantitative estimate of drug-likeness (QED) is 0.693. The largest absolute Gasteiger partial charge is 0.481 e. The number of methoxy groups -OCH3 is 1. The molecule has 0 aliphatic heterocycles. The summed E-state index contributed by atoms with van der Waals surface area (Å²) in [6.07, 6.45) is 1.44. The topological polar surface area (TPSA) is 68.5 Å². The van der Waals surface area contributed by atoms with Crippen LogP contribution >= 0.6 is 12.8 Å². The fourth-order valence-corrected chi connectivity index (χ4v) is 0.864. The smallest absolute Gasteiger partial charge is 0.329 e. The first kappa shape index (κ1) is 9.66. The summed E-state index contributed by atoms with van der Waals surface area (Å²) in [4.78, 5) is 14.5. The molecular formula is C7H9N3O2S. The van der Waals surface area contributed by atoms with Gasteiger partial charge in [-0.1, -0.05) is 12.8 Å². The fraction of sp³-hybridized carbons (Fsp3) is 0.143. The number of pyridine rings is 1. The first-order valence-corrected chi connectivity index (χ1v) is 3.83. The number of carbonyl (C=O) groups is 1. The lowest BCUT2D eigenvalue weighted by molar-refractivity contribution is 0.257. The van der Waals surface area contributed by atoms with Gasteiger partial charge in [0.05, 0.1) is 19.0 Å². The third-order valence-electron chi connectivity index (χ3n) is 1.38. The maximum absolute atomic E-state index is 10.7. The zero-order valence-electron chi connectivity index (χ0n) is 6.97. The van der Waals surface area contributed by atoms with Crippen molar-refractivity contribution in [2.24, 2.45) is 5.73 Å². The molecule has 0 aliphatic carbocycles. The lowest BCUT2D eigenvalue weighted by atomic mass is 10.4. The number of nitrogens with two attached hydrogens (primary N) is 1. The molecule has 70 valence electrons. The van der Waals surface area contributed by atoms with Crippen molar-refractivity contribution in [3.8, 4) is 5.88 Å². The van der Waals surface area contributed by atoms with Crippen molar-refractivity contribution in [2.75, 3.05) is 11.4 Å². The number of amides is 2. The van der Waals surface area contributed by atoms with Crippen molar-refractivity contribution in [2.45, 2.75) is 0 Å². The highest BCUT2D eigenvalue weighted by Gasteiger charge is 2.07. The van der Waals surface area contributed by atoms with E-state index in [9.17, 15) is 4.79 Å². The second kappa shape index (κ2) is 3.99. The number of primary amides is 1. The summed E-state index contributed by atoms with van der Waals surface area (Å²) >= 11 is 3.86. The highest BCUT2D eigenvalue weighted by Crippen LogP contribution is 2.16. The summed E-state index contributed by atoms with van der Waals surface area (Å²) in [5.74, 6) is 0.468. The SMILES string of the molecule is COc1ccc(N(S)C(N)=O)cn1. The Balaban J connectivity index is 2.85. The Morgan fingerprint density at radius 3 is 2.77 bits per heavy atom. The normalized spacial score (nSPS) is 9.38. The number of aromatic nitrogens is 1. The highest BCUT2D eigenvalue weighted by molar-refractivity contribution is 7.82. The van der Waals surface area contributed by atoms with Gasteiger partial charge in [0, 0.05) is 6.07 Å². The van der Waals surface area contributed by atoms with Crippen molar-refractivity contribution in [3.05, 3.63) is 18.3 Å². The molecule has 0 saturated carbocycles. The molecule has 0 aliphatic rings. The molecular weight excluding hydrogens is 190 g/mol. The molecule has 1 heterocycles. The van der Waals surface area contributed by atoms with Gasteiger partial charge in [-0.25, -0.2) is 14.1 Å². The van der Waals surface area contributed by atoms with Crippen LogP contribution in [0.15, 0.2) is 18.3 Å². The predicted molar refractivity (Wildman–Crippen MR) is 51.8 cm³/mol. The molecule has 0 saturated heterocycles. The molecule has 0 fully saturated rings. The predicted octanol–water partition coefficient (Wildman–Crippen LogP) is 0.820. The Morgan fingerprint density at radius 2 is 2.38 bits per heavy atom. The summed E-state index contributed by atoms with van der Waals surface area (Å²) in [7, 11) is 1.51. The number of urea groups is 1. The van der Waals surface area contributed by atoms with E-state index in [0.717, 1.165) is 4.31 Å². The van der Waals surface area contributed by atoms with Crippen LogP contribution in [0.25, 0.3) is 0 Å². The van der Waals surface area contributed by atoms with Crippen LogP contribution in [-0.2, 0) is 0 Å². The average molecular weight is 199 g/mol. The third kappa shape index (κ3) is 2.25. The minimum Gasteiger partial charge on any atom is -0.481 e. The van der Waals surface area contributed by atoms with Crippen molar-refractivity contribution >= 4 is 24.5 Å². The minimum absolute atomic E-state index is 0.468. The summed E-state index contributed by atoms with van der Waals surface area (Å²) in [5.41, 5.74) is 5.49. The van der Waals surface area contributed by atoms with Gasteiger partial charge < -0.3 is 10.5 Å². The van der Waals surface area contributed by atoms with Gasteiger partial charge in [-0.15, -0.1) is 0 Å². The Labute approximate surface area is 81.0 Å². The van der Waals surface area contributed by atoms with E-state index in [0.29, 0.717) is 11.6 Å². The Hall–Kier alpha value is -1.43. The number of hydrogen-bond donors (Lipinski definition) is 2. The Morgan fingerprint density at radius 1 is 1.69 bits per heavy atom. The second-order valence-electron chi connectivity index (χ2n) is 2.21. The van der Waals surface area contributed by atoms with Gasteiger partial charge in [0.25, 0.3) is 0 Å². The number of nitrogens with zero attached hydrogens (tertiary/aromatic N) is 2. The van der Waals surface area contributed by atoms with Crippen molar-refractivity contribution in [3.63, 3.8) is 0 Å². The van der Waals surface area contributed by atoms with Crippen LogP contribution < -0.4 is 14.8 Å². The zero-order chi connectivity index (χ0) is 9.84. The molecule has 0 atom stereocenters.